The third-order valence-corrected chi connectivity index (χ3v) is 4.05. The zero-order valence-electron chi connectivity index (χ0n) is 14.5. The molecule has 0 amide bonds. The Balaban J connectivity index is 1.63. The summed E-state index contributed by atoms with van der Waals surface area (Å²) >= 11 is 5.30. The number of benzene rings is 3. The first-order valence-corrected chi connectivity index (χ1v) is 8.59. The van der Waals surface area contributed by atoms with E-state index in [1.165, 1.54) is 6.07 Å². The molecule has 2 N–H and O–H groups in total. The van der Waals surface area contributed by atoms with Crippen molar-refractivity contribution in [1.29, 1.82) is 0 Å². The lowest BCUT2D eigenvalue weighted by atomic mass is 10.1. The lowest BCUT2D eigenvalue weighted by Crippen LogP contribution is -2.19. The molecule has 0 fully saturated rings. The van der Waals surface area contributed by atoms with Crippen LogP contribution in [-0.2, 0) is 0 Å². The van der Waals surface area contributed by atoms with Gasteiger partial charge in [0.15, 0.2) is 5.11 Å². The van der Waals surface area contributed by atoms with E-state index in [0.717, 1.165) is 11.4 Å². The quantitative estimate of drug-likeness (QED) is 0.346. The molecule has 3 aromatic rings. The number of para-hydroxylation sites is 1. The monoisotopic (exact) mass is 379 g/mol. The van der Waals surface area contributed by atoms with E-state index in [0.29, 0.717) is 22.1 Å². The van der Waals surface area contributed by atoms with Gasteiger partial charge in [-0.15, -0.1) is 0 Å². The number of rotatable bonds is 5. The Hall–Kier alpha value is -3.45. The molecule has 0 aliphatic heterocycles. The van der Waals surface area contributed by atoms with E-state index >= 15 is 0 Å². The van der Waals surface area contributed by atoms with Crippen LogP contribution in [0.1, 0.15) is 5.56 Å². The fraction of sp³-hybridized carbons (Fsp3) is 0.0500. The third-order valence-electron chi connectivity index (χ3n) is 3.84. The van der Waals surface area contributed by atoms with Gasteiger partial charge < -0.3 is 15.4 Å². The van der Waals surface area contributed by atoms with Gasteiger partial charge in [-0.25, -0.2) is 0 Å². The molecule has 0 heterocycles. The number of ether oxygens (including phenoxy) is 1. The Labute approximate surface area is 162 Å². The number of hydrogen-bond acceptors (Lipinski definition) is 4. The molecule has 0 spiro atoms. The van der Waals surface area contributed by atoms with Gasteiger partial charge in [-0.1, -0.05) is 24.3 Å². The first kappa shape index (κ1) is 18.3. The molecule has 3 aromatic carbocycles. The van der Waals surface area contributed by atoms with Crippen molar-refractivity contribution in [2.24, 2.45) is 0 Å². The Morgan fingerprint density at radius 3 is 2.26 bits per heavy atom. The Bertz CT molecular complexity index is 960. The Kier molecular flexibility index (Phi) is 5.63. The second kappa shape index (κ2) is 8.29. The minimum atomic E-state index is -0.414. The van der Waals surface area contributed by atoms with Crippen molar-refractivity contribution >= 4 is 34.4 Å². The molecule has 27 heavy (non-hydrogen) atoms. The minimum absolute atomic E-state index is 0.0465. The van der Waals surface area contributed by atoms with Crippen LogP contribution in [0.4, 0.5) is 17.1 Å². The van der Waals surface area contributed by atoms with Crippen LogP contribution in [0, 0.1) is 17.0 Å². The second-order valence-electron chi connectivity index (χ2n) is 5.73. The van der Waals surface area contributed by atoms with Crippen molar-refractivity contribution in [2.45, 2.75) is 6.92 Å². The molecule has 0 atom stereocenters. The summed E-state index contributed by atoms with van der Waals surface area (Å²) in [5.74, 6) is 1.47. The van der Waals surface area contributed by atoms with Crippen molar-refractivity contribution < 1.29 is 9.66 Å². The average molecular weight is 379 g/mol. The topological polar surface area (TPSA) is 76.4 Å². The highest BCUT2D eigenvalue weighted by Crippen LogP contribution is 2.26. The molecular formula is C20H17N3O3S. The van der Waals surface area contributed by atoms with E-state index < -0.39 is 4.92 Å². The van der Waals surface area contributed by atoms with Crippen molar-refractivity contribution in [1.82, 2.24) is 0 Å². The molecule has 0 saturated heterocycles. The first-order chi connectivity index (χ1) is 13.0. The van der Waals surface area contributed by atoms with Crippen molar-refractivity contribution in [3.05, 3.63) is 88.5 Å². The molecule has 0 aromatic heterocycles. The lowest BCUT2D eigenvalue weighted by molar-refractivity contribution is -0.385. The molecule has 6 nitrogen and oxygen atoms in total. The molecule has 7 heteroatoms. The summed E-state index contributed by atoms with van der Waals surface area (Å²) in [5.41, 5.74) is 1.94. The van der Waals surface area contributed by atoms with Gasteiger partial charge in [0.25, 0.3) is 5.69 Å². The Morgan fingerprint density at radius 2 is 1.59 bits per heavy atom. The number of nitrogens with one attached hydrogen (secondary N) is 2. The summed E-state index contributed by atoms with van der Waals surface area (Å²) in [6, 6.07) is 21.7. The molecule has 0 aliphatic rings. The van der Waals surface area contributed by atoms with E-state index in [2.05, 4.69) is 10.6 Å². The normalized spacial score (nSPS) is 10.1. The summed E-state index contributed by atoms with van der Waals surface area (Å²) in [6.45, 7) is 1.68. The smallest absolute Gasteiger partial charge is 0.274 e. The number of nitrogens with zero attached hydrogens (tertiary/aromatic N) is 1. The molecular weight excluding hydrogens is 362 g/mol. The number of nitro benzene ring substituents is 1. The van der Waals surface area contributed by atoms with E-state index in [1.807, 2.05) is 54.6 Å². The highest BCUT2D eigenvalue weighted by Gasteiger charge is 2.13. The van der Waals surface area contributed by atoms with E-state index in [-0.39, 0.29) is 5.69 Å². The van der Waals surface area contributed by atoms with Gasteiger partial charge in [0.2, 0.25) is 0 Å². The highest BCUT2D eigenvalue weighted by atomic mass is 32.1. The molecule has 0 saturated carbocycles. The van der Waals surface area contributed by atoms with Gasteiger partial charge >= 0.3 is 0 Å². The standard InChI is InChI=1S/C20H17N3O3S/c1-14-18(8-5-9-19(14)23(24)25)22-20(27)21-15-10-12-17(13-11-15)26-16-6-3-2-4-7-16/h2-13H,1H3,(H2,21,22,27). The molecule has 0 radical (unpaired) electrons. The summed E-state index contributed by atoms with van der Waals surface area (Å²) in [5, 5.41) is 17.4. The fourth-order valence-corrected chi connectivity index (χ4v) is 2.70. The van der Waals surface area contributed by atoms with Crippen LogP contribution < -0.4 is 15.4 Å². The van der Waals surface area contributed by atoms with Crippen molar-refractivity contribution in [3.8, 4) is 11.5 Å². The van der Waals surface area contributed by atoms with Crippen LogP contribution >= 0.6 is 12.2 Å². The maximum absolute atomic E-state index is 11.0. The minimum Gasteiger partial charge on any atom is -0.457 e. The zero-order valence-corrected chi connectivity index (χ0v) is 15.3. The van der Waals surface area contributed by atoms with E-state index in [1.54, 1.807) is 19.1 Å². The van der Waals surface area contributed by atoms with Crippen LogP contribution in [0.2, 0.25) is 0 Å². The number of nitro groups is 1. The maximum atomic E-state index is 11.0. The van der Waals surface area contributed by atoms with E-state index in [4.69, 9.17) is 17.0 Å². The SMILES string of the molecule is Cc1c(NC(=S)Nc2ccc(Oc3ccccc3)cc2)cccc1[N+](=O)[O-]. The van der Waals surface area contributed by atoms with Gasteiger partial charge in [-0.2, -0.15) is 0 Å². The molecule has 136 valence electrons. The van der Waals surface area contributed by atoms with Crippen LogP contribution in [0.3, 0.4) is 0 Å². The average Bonchev–Trinajstić information content (AvgIpc) is 2.65. The molecule has 0 unspecified atom stereocenters. The number of thiocarbonyl (C=S) groups is 1. The zero-order chi connectivity index (χ0) is 19.2. The van der Waals surface area contributed by atoms with Crippen LogP contribution in [0.25, 0.3) is 0 Å². The van der Waals surface area contributed by atoms with Gasteiger partial charge in [0.1, 0.15) is 11.5 Å². The summed E-state index contributed by atoms with van der Waals surface area (Å²) in [6.07, 6.45) is 0. The third kappa shape index (κ3) is 4.80. The summed E-state index contributed by atoms with van der Waals surface area (Å²) < 4.78 is 5.75. The van der Waals surface area contributed by atoms with Crippen molar-refractivity contribution in [3.63, 3.8) is 0 Å². The lowest BCUT2D eigenvalue weighted by Gasteiger charge is -2.13. The van der Waals surface area contributed by atoms with Gasteiger partial charge in [-0.05, 0) is 61.6 Å². The second-order valence-corrected chi connectivity index (χ2v) is 6.13. The number of hydrogen-bond donors (Lipinski definition) is 2. The van der Waals surface area contributed by atoms with E-state index in [9.17, 15) is 10.1 Å². The first-order valence-electron chi connectivity index (χ1n) is 8.18. The Morgan fingerprint density at radius 1 is 0.926 bits per heavy atom. The van der Waals surface area contributed by atoms with Gasteiger partial charge in [0.05, 0.1) is 16.2 Å². The summed E-state index contributed by atoms with van der Waals surface area (Å²) in [7, 11) is 0. The van der Waals surface area contributed by atoms with Gasteiger partial charge in [-0.3, -0.25) is 10.1 Å². The molecule has 0 bridgehead atoms. The number of anilines is 2. The predicted octanol–water partition coefficient (Wildman–Crippen LogP) is 5.50. The largest absolute Gasteiger partial charge is 0.457 e. The summed E-state index contributed by atoms with van der Waals surface area (Å²) in [4.78, 5) is 10.6. The van der Waals surface area contributed by atoms with Crippen LogP contribution in [0.5, 0.6) is 11.5 Å². The van der Waals surface area contributed by atoms with Crippen molar-refractivity contribution in [2.75, 3.05) is 10.6 Å². The molecule has 3 rings (SSSR count). The van der Waals surface area contributed by atoms with Gasteiger partial charge in [0, 0.05) is 11.8 Å². The maximum Gasteiger partial charge on any atom is 0.274 e. The fourth-order valence-electron chi connectivity index (χ4n) is 2.47. The van der Waals surface area contributed by atoms with Crippen LogP contribution in [-0.4, -0.2) is 10.0 Å². The highest BCUT2D eigenvalue weighted by molar-refractivity contribution is 7.80. The molecule has 0 aliphatic carbocycles. The van der Waals surface area contributed by atoms with Crippen LogP contribution in [0.15, 0.2) is 72.8 Å². The predicted molar refractivity (Wildman–Crippen MR) is 111 cm³/mol.